The van der Waals surface area contributed by atoms with Gasteiger partial charge in [-0.25, -0.2) is 0 Å². The van der Waals surface area contributed by atoms with Gasteiger partial charge in [-0.3, -0.25) is 0 Å². The molecule has 1 N–H and O–H groups in total. The number of methoxy groups -OCH3 is 2. The molecular weight excluding hydrogens is 268 g/mol. The molecule has 0 radical (unpaired) electrons. The number of ether oxygens (including phenoxy) is 2. The highest BCUT2D eigenvalue weighted by Gasteiger charge is 2.14. The number of hydrogen-bond donors (Lipinski definition) is 1. The lowest BCUT2D eigenvalue weighted by Crippen LogP contribution is -2.35. The zero-order valence-electron chi connectivity index (χ0n) is 11.9. The summed E-state index contributed by atoms with van der Waals surface area (Å²) in [5.74, 6) is 1.20. The predicted molar refractivity (Wildman–Crippen MR) is 73.7 cm³/mol. The fraction of sp³-hybridized carbons (Fsp3) is 0.500. The summed E-state index contributed by atoms with van der Waals surface area (Å²) in [5.41, 5.74) is 1.77. The molecule has 0 aliphatic rings. The summed E-state index contributed by atoms with van der Waals surface area (Å²) in [6.45, 7) is 2.09. The summed E-state index contributed by atoms with van der Waals surface area (Å²) >= 11 is 0. The molecule has 0 aromatic heterocycles. The maximum Gasteiger partial charge on any atom is 0.279 e. The maximum absolute atomic E-state index is 11.7. The smallest absolute Gasteiger partial charge is 0.279 e. The molecule has 1 aromatic carbocycles. The van der Waals surface area contributed by atoms with Crippen molar-refractivity contribution >= 4 is 10.2 Å². The lowest BCUT2D eigenvalue weighted by atomic mass is 10.1. The van der Waals surface area contributed by atoms with Crippen LogP contribution in [-0.2, 0) is 16.8 Å². The van der Waals surface area contributed by atoms with Gasteiger partial charge in [0.25, 0.3) is 10.2 Å². The normalized spacial score (nSPS) is 11.7. The Balaban J connectivity index is 2.97. The molecule has 0 spiro atoms. The first-order valence-corrected chi connectivity index (χ1v) is 7.14. The van der Waals surface area contributed by atoms with E-state index in [1.165, 1.54) is 14.1 Å². The summed E-state index contributed by atoms with van der Waals surface area (Å²) in [6, 6.07) is 3.59. The van der Waals surface area contributed by atoms with Crippen molar-refractivity contribution in [1.29, 1.82) is 0 Å². The molecule has 1 rings (SSSR count). The number of nitrogens with one attached hydrogen (secondary N) is 1. The average molecular weight is 288 g/mol. The van der Waals surface area contributed by atoms with Gasteiger partial charge in [0, 0.05) is 20.6 Å². The van der Waals surface area contributed by atoms with Crippen molar-refractivity contribution in [3.8, 4) is 11.5 Å². The second-order valence-electron chi connectivity index (χ2n) is 4.24. The van der Waals surface area contributed by atoms with Gasteiger partial charge >= 0.3 is 0 Å². The molecule has 0 heterocycles. The number of rotatable bonds is 6. The van der Waals surface area contributed by atoms with E-state index in [-0.39, 0.29) is 6.54 Å². The molecule has 0 saturated carbocycles. The number of hydrogen-bond acceptors (Lipinski definition) is 4. The molecule has 0 amide bonds. The largest absolute Gasteiger partial charge is 0.493 e. The van der Waals surface area contributed by atoms with Crippen molar-refractivity contribution in [2.75, 3.05) is 28.3 Å². The first kappa shape index (κ1) is 15.7. The third kappa shape index (κ3) is 3.82. The minimum Gasteiger partial charge on any atom is -0.493 e. The van der Waals surface area contributed by atoms with E-state index < -0.39 is 10.2 Å². The first-order chi connectivity index (χ1) is 8.81. The Morgan fingerprint density at radius 2 is 1.68 bits per heavy atom. The van der Waals surface area contributed by atoms with Crippen LogP contribution in [0.25, 0.3) is 0 Å². The molecule has 0 saturated heterocycles. The van der Waals surface area contributed by atoms with Gasteiger partial charge in [-0.1, -0.05) is 0 Å². The van der Waals surface area contributed by atoms with E-state index in [1.54, 1.807) is 20.3 Å². The standard InChI is InChI=1S/C12H20N2O4S/c1-9-6-11(17-4)12(18-5)7-10(9)8-13-19(15,16)14(2)3/h6-7,13H,8H2,1-5H3. The minimum absolute atomic E-state index is 0.201. The SMILES string of the molecule is COc1cc(C)c(CNS(=O)(=O)N(C)C)cc1OC. The number of aryl methyl sites for hydroxylation is 1. The van der Waals surface area contributed by atoms with Crippen LogP contribution in [0, 0.1) is 6.92 Å². The van der Waals surface area contributed by atoms with Crippen molar-refractivity contribution in [3.05, 3.63) is 23.3 Å². The highest BCUT2D eigenvalue weighted by Crippen LogP contribution is 2.30. The quantitative estimate of drug-likeness (QED) is 0.845. The minimum atomic E-state index is -3.44. The number of nitrogens with zero attached hydrogens (tertiary/aromatic N) is 1. The van der Waals surface area contributed by atoms with E-state index in [2.05, 4.69) is 4.72 Å². The van der Waals surface area contributed by atoms with Gasteiger partial charge in [0.2, 0.25) is 0 Å². The van der Waals surface area contributed by atoms with Crippen molar-refractivity contribution in [2.45, 2.75) is 13.5 Å². The highest BCUT2D eigenvalue weighted by molar-refractivity contribution is 7.87. The summed E-state index contributed by atoms with van der Waals surface area (Å²) in [6.07, 6.45) is 0. The van der Waals surface area contributed by atoms with E-state index in [0.29, 0.717) is 11.5 Å². The lowest BCUT2D eigenvalue weighted by Gasteiger charge is -2.15. The van der Waals surface area contributed by atoms with Gasteiger partial charge in [-0.15, -0.1) is 0 Å². The molecule has 19 heavy (non-hydrogen) atoms. The Labute approximate surface area is 114 Å². The topological polar surface area (TPSA) is 67.9 Å². The van der Waals surface area contributed by atoms with Gasteiger partial charge in [0.1, 0.15) is 0 Å². The number of benzene rings is 1. The fourth-order valence-electron chi connectivity index (χ4n) is 1.51. The molecule has 0 aliphatic carbocycles. The average Bonchev–Trinajstić information content (AvgIpc) is 2.36. The van der Waals surface area contributed by atoms with Crippen LogP contribution in [0.4, 0.5) is 0 Å². The predicted octanol–water partition coefficient (Wildman–Crippen LogP) is 0.908. The van der Waals surface area contributed by atoms with E-state index in [9.17, 15) is 8.42 Å². The van der Waals surface area contributed by atoms with Crippen LogP contribution in [-0.4, -0.2) is 41.0 Å². The van der Waals surface area contributed by atoms with E-state index in [4.69, 9.17) is 9.47 Å². The van der Waals surface area contributed by atoms with Crippen LogP contribution < -0.4 is 14.2 Å². The van der Waals surface area contributed by atoms with Crippen LogP contribution in [0.2, 0.25) is 0 Å². The van der Waals surface area contributed by atoms with Crippen molar-refractivity contribution in [3.63, 3.8) is 0 Å². The van der Waals surface area contributed by atoms with Crippen molar-refractivity contribution < 1.29 is 17.9 Å². The fourth-order valence-corrected chi connectivity index (χ4v) is 2.11. The molecule has 0 unspecified atom stereocenters. The van der Waals surface area contributed by atoms with Crippen molar-refractivity contribution in [1.82, 2.24) is 9.03 Å². The molecule has 7 heteroatoms. The Bertz CT molecular complexity index is 541. The Morgan fingerprint density at radius 3 is 2.16 bits per heavy atom. The molecular formula is C12H20N2O4S. The van der Waals surface area contributed by atoms with Gasteiger partial charge in [-0.2, -0.15) is 17.4 Å². The van der Waals surface area contributed by atoms with E-state index >= 15 is 0 Å². The van der Waals surface area contributed by atoms with E-state index in [1.807, 2.05) is 13.0 Å². The monoisotopic (exact) mass is 288 g/mol. The maximum atomic E-state index is 11.7. The molecule has 0 aliphatic heterocycles. The lowest BCUT2D eigenvalue weighted by molar-refractivity contribution is 0.354. The van der Waals surface area contributed by atoms with Crippen LogP contribution in [0.3, 0.4) is 0 Å². The Hall–Kier alpha value is -1.31. The summed E-state index contributed by atoms with van der Waals surface area (Å²) < 4.78 is 37.3. The summed E-state index contributed by atoms with van der Waals surface area (Å²) in [7, 11) is 2.62. The Kier molecular flexibility index (Phi) is 5.16. The molecule has 0 fully saturated rings. The van der Waals surface area contributed by atoms with Crippen molar-refractivity contribution in [2.24, 2.45) is 0 Å². The van der Waals surface area contributed by atoms with Crippen LogP contribution >= 0.6 is 0 Å². The van der Waals surface area contributed by atoms with Gasteiger partial charge < -0.3 is 9.47 Å². The van der Waals surface area contributed by atoms with Crippen LogP contribution in [0.5, 0.6) is 11.5 Å². The third-order valence-corrected chi connectivity index (χ3v) is 4.24. The molecule has 6 nitrogen and oxygen atoms in total. The second-order valence-corrected chi connectivity index (χ2v) is 6.21. The zero-order valence-corrected chi connectivity index (χ0v) is 12.7. The second kappa shape index (κ2) is 6.23. The molecule has 0 atom stereocenters. The molecule has 108 valence electrons. The van der Waals surface area contributed by atoms with Gasteiger partial charge in [-0.05, 0) is 30.2 Å². The highest BCUT2D eigenvalue weighted by atomic mass is 32.2. The zero-order chi connectivity index (χ0) is 14.6. The summed E-state index contributed by atoms with van der Waals surface area (Å²) in [4.78, 5) is 0. The van der Waals surface area contributed by atoms with Gasteiger partial charge in [0.15, 0.2) is 11.5 Å². The first-order valence-electron chi connectivity index (χ1n) is 5.70. The van der Waals surface area contributed by atoms with Crippen LogP contribution in [0.15, 0.2) is 12.1 Å². The Morgan fingerprint density at radius 1 is 1.16 bits per heavy atom. The van der Waals surface area contributed by atoms with E-state index in [0.717, 1.165) is 15.4 Å². The van der Waals surface area contributed by atoms with Gasteiger partial charge in [0.05, 0.1) is 14.2 Å². The molecule has 0 bridgehead atoms. The third-order valence-electron chi connectivity index (χ3n) is 2.77. The summed E-state index contributed by atoms with van der Waals surface area (Å²) in [5, 5.41) is 0. The molecule has 1 aromatic rings. The van der Waals surface area contributed by atoms with Crippen LogP contribution in [0.1, 0.15) is 11.1 Å².